The first-order valence-electron chi connectivity index (χ1n) is 14.1. The summed E-state index contributed by atoms with van der Waals surface area (Å²) in [5, 5.41) is 0. The first-order valence-corrected chi connectivity index (χ1v) is 14.1. The standard InChI is InChI=1S/C31H37F5O3/c1-3-7-19(2)31(12-5-4-6-13-31)21-10-8-20(9-11-21)18-38-22-14-24(32)28(25(33)15-22)30(37)39-23-16-26(34)29(36)27(35)17-23/h14-17,19-21H,3-13,18H2,1-2H3/t19?,20-,21-. The predicted octanol–water partition coefficient (Wildman–Crippen LogP) is 9.17. The van der Waals surface area contributed by atoms with Crippen molar-refractivity contribution < 1.29 is 36.2 Å². The van der Waals surface area contributed by atoms with E-state index in [2.05, 4.69) is 18.6 Å². The molecule has 1 unspecified atom stereocenters. The van der Waals surface area contributed by atoms with Crippen LogP contribution >= 0.6 is 0 Å². The van der Waals surface area contributed by atoms with Gasteiger partial charge in [0.2, 0.25) is 0 Å². The maximum atomic E-state index is 14.7. The van der Waals surface area contributed by atoms with Gasteiger partial charge in [0.05, 0.1) is 6.61 Å². The van der Waals surface area contributed by atoms with E-state index in [4.69, 9.17) is 4.74 Å². The normalized spacial score (nSPS) is 21.8. The molecule has 3 nitrogen and oxygen atoms in total. The van der Waals surface area contributed by atoms with Gasteiger partial charge >= 0.3 is 5.97 Å². The molecule has 0 aromatic heterocycles. The van der Waals surface area contributed by atoms with E-state index in [1.165, 1.54) is 44.9 Å². The van der Waals surface area contributed by atoms with Crippen LogP contribution in [0.15, 0.2) is 24.3 Å². The molecule has 2 saturated carbocycles. The van der Waals surface area contributed by atoms with Crippen molar-refractivity contribution in [2.75, 3.05) is 6.61 Å². The third kappa shape index (κ3) is 6.58. The van der Waals surface area contributed by atoms with Crippen molar-refractivity contribution >= 4 is 5.97 Å². The molecule has 2 aliphatic carbocycles. The Morgan fingerprint density at radius 1 is 0.872 bits per heavy atom. The van der Waals surface area contributed by atoms with Gasteiger partial charge in [-0.15, -0.1) is 0 Å². The van der Waals surface area contributed by atoms with Crippen LogP contribution in [0, 0.1) is 52.3 Å². The molecule has 0 bridgehead atoms. The highest BCUT2D eigenvalue weighted by Gasteiger charge is 2.44. The topological polar surface area (TPSA) is 35.5 Å². The Bertz CT molecular complexity index is 1110. The zero-order valence-corrected chi connectivity index (χ0v) is 22.6. The van der Waals surface area contributed by atoms with Crippen molar-refractivity contribution in [3.05, 3.63) is 58.9 Å². The molecule has 0 heterocycles. The molecule has 2 fully saturated rings. The molecule has 2 aromatic rings. The highest BCUT2D eigenvalue weighted by Crippen LogP contribution is 2.54. The minimum absolute atomic E-state index is 0.0529. The van der Waals surface area contributed by atoms with Crippen molar-refractivity contribution in [3.8, 4) is 11.5 Å². The summed E-state index contributed by atoms with van der Waals surface area (Å²) < 4.78 is 79.6. The summed E-state index contributed by atoms with van der Waals surface area (Å²) in [4.78, 5) is 12.3. The first-order chi connectivity index (χ1) is 18.6. The summed E-state index contributed by atoms with van der Waals surface area (Å²) in [6, 6.07) is 2.61. The summed E-state index contributed by atoms with van der Waals surface area (Å²) in [5.41, 5.74) is -0.602. The van der Waals surface area contributed by atoms with Crippen LogP contribution in [0.2, 0.25) is 0 Å². The Morgan fingerprint density at radius 2 is 1.44 bits per heavy atom. The lowest BCUT2D eigenvalue weighted by Crippen LogP contribution is -2.41. The summed E-state index contributed by atoms with van der Waals surface area (Å²) in [5.74, 6) is -7.97. The molecule has 1 atom stereocenters. The van der Waals surface area contributed by atoms with Crippen LogP contribution < -0.4 is 9.47 Å². The molecule has 8 heteroatoms. The van der Waals surface area contributed by atoms with Crippen LogP contribution in [0.3, 0.4) is 0 Å². The number of hydrogen-bond donors (Lipinski definition) is 0. The average molecular weight is 553 g/mol. The van der Waals surface area contributed by atoms with Gasteiger partial charge in [-0.1, -0.05) is 46.0 Å². The monoisotopic (exact) mass is 552 g/mol. The SMILES string of the molecule is CCCC(C)C1([C@H]2CC[C@H](COc3cc(F)c(C(=O)Oc4cc(F)c(F)c(F)c4)c(F)c3)CC2)CCCCC1. The van der Waals surface area contributed by atoms with E-state index in [-0.39, 0.29) is 11.7 Å². The summed E-state index contributed by atoms with van der Waals surface area (Å²) >= 11 is 0. The van der Waals surface area contributed by atoms with Gasteiger partial charge in [0.15, 0.2) is 17.5 Å². The number of carbonyl (C=O) groups excluding carboxylic acids is 1. The van der Waals surface area contributed by atoms with Gasteiger partial charge in [0.1, 0.15) is 28.7 Å². The number of hydrogen-bond acceptors (Lipinski definition) is 3. The maximum Gasteiger partial charge on any atom is 0.349 e. The lowest BCUT2D eigenvalue weighted by Gasteiger charge is -2.50. The van der Waals surface area contributed by atoms with E-state index in [9.17, 15) is 26.7 Å². The average Bonchev–Trinajstić information content (AvgIpc) is 2.91. The Kier molecular flexibility index (Phi) is 9.55. The lowest BCUT2D eigenvalue weighted by molar-refractivity contribution is -0.00391. The third-order valence-corrected chi connectivity index (χ3v) is 9.02. The molecule has 39 heavy (non-hydrogen) atoms. The lowest BCUT2D eigenvalue weighted by atomic mass is 9.55. The smallest absolute Gasteiger partial charge is 0.349 e. The zero-order chi connectivity index (χ0) is 28.2. The summed E-state index contributed by atoms with van der Waals surface area (Å²) in [6.45, 7) is 5.01. The predicted molar refractivity (Wildman–Crippen MR) is 138 cm³/mol. The van der Waals surface area contributed by atoms with Crippen molar-refractivity contribution in [3.63, 3.8) is 0 Å². The molecule has 0 aliphatic heterocycles. The van der Waals surface area contributed by atoms with Crippen molar-refractivity contribution in [1.82, 2.24) is 0 Å². The second-order valence-corrected chi connectivity index (χ2v) is 11.4. The second-order valence-electron chi connectivity index (χ2n) is 11.4. The molecule has 214 valence electrons. The van der Waals surface area contributed by atoms with Crippen LogP contribution in [0.25, 0.3) is 0 Å². The number of rotatable bonds is 9. The minimum atomic E-state index is -1.75. The fraction of sp³-hybridized carbons (Fsp3) is 0.581. The number of esters is 1. The highest BCUT2D eigenvalue weighted by molar-refractivity contribution is 5.91. The molecule has 0 saturated heterocycles. The number of ether oxygens (including phenoxy) is 2. The van der Waals surface area contributed by atoms with Gasteiger partial charge < -0.3 is 9.47 Å². The van der Waals surface area contributed by atoms with E-state index in [1.54, 1.807) is 0 Å². The molecular formula is C31H37F5O3. The Hall–Kier alpha value is -2.64. The van der Waals surface area contributed by atoms with Crippen molar-refractivity contribution in [2.45, 2.75) is 84.5 Å². The fourth-order valence-electron chi connectivity index (χ4n) is 6.93. The third-order valence-electron chi connectivity index (χ3n) is 9.02. The molecular weight excluding hydrogens is 515 g/mol. The van der Waals surface area contributed by atoms with Crippen LogP contribution in [0.4, 0.5) is 22.0 Å². The van der Waals surface area contributed by atoms with Gasteiger partial charge in [0, 0.05) is 24.3 Å². The first kappa shape index (κ1) is 29.3. The molecule has 0 N–H and O–H groups in total. The van der Waals surface area contributed by atoms with Crippen molar-refractivity contribution in [1.29, 1.82) is 0 Å². The van der Waals surface area contributed by atoms with E-state index in [0.717, 1.165) is 43.7 Å². The van der Waals surface area contributed by atoms with Crippen LogP contribution in [0.1, 0.15) is 94.8 Å². The minimum Gasteiger partial charge on any atom is -0.493 e. The number of benzene rings is 2. The van der Waals surface area contributed by atoms with Crippen molar-refractivity contribution in [2.24, 2.45) is 23.2 Å². The van der Waals surface area contributed by atoms with E-state index in [0.29, 0.717) is 30.1 Å². The molecule has 0 amide bonds. The van der Waals surface area contributed by atoms with Gasteiger partial charge in [-0.2, -0.15) is 0 Å². The van der Waals surface area contributed by atoms with E-state index in [1.807, 2.05) is 0 Å². The van der Waals surface area contributed by atoms with E-state index < -0.39 is 46.4 Å². The summed E-state index contributed by atoms with van der Waals surface area (Å²) in [7, 11) is 0. The number of carbonyl (C=O) groups is 1. The Morgan fingerprint density at radius 3 is 2.00 bits per heavy atom. The van der Waals surface area contributed by atoms with Crippen LogP contribution in [-0.2, 0) is 0 Å². The maximum absolute atomic E-state index is 14.7. The van der Waals surface area contributed by atoms with Gasteiger partial charge in [-0.05, 0) is 61.7 Å². The summed E-state index contributed by atoms with van der Waals surface area (Å²) in [6.07, 6.45) is 13.4. The van der Waals surface area contributed by atoms with Crippen LogP contribution in [-0.4, -0.2) is 12.6 Å². The molecule has 0 spiro atoms. The highest BCUT2D eigenvalue weighted by atomic mass is 19.2. The second kappa shape index (κ2) is 12.7. The molecule has 2 aromatic carbocycles. The van der Waals surface area contributed by atoms with E-state index >= 15 is 0 Å². The largest absolute Gasteiger partial charge is 0.493 e. The van der Waals surface area contributed by atoms with Crippen LogP contribution in [0.5, 0.6) is 11.5 Å². The Labute approximate surface area is 227 Å². The number of halogens is 5. The van der Waals surface area contributed by atoms with Gasteiger partial charge in [0.25, 0.3) is 0 Å². The quantitative estimate of drug-likeness (QED) is 0.135. The molecule has 0 radical (unpaired) electrons. The zero-order valence-electron chi connectivity index (χ0n) is 22.6. The van der Waals surface area contributed by atoms with Gasteiger partial charge in [-0.25, -0.2) is 26.7 Å². The fourth-order valence-corrected chi connectivity index (χ4v) is 6.93. The Balaban J connectivity index is 1.34. The van der Waals surface area contributed by atoms with Gasteiger partial charge in [-0.3, -0.25) is 0 Å². The molecule has 4 rings (SSSR count). The molecule has 2 aliphatic rings.